The van der Waals surface area contributed by atoms with Crippen molar-refractivity contribution < 1.29 is 23.7 Å². The lowest BCUT2D eigenvalue weighted by Crippen LogP contribution is -2.37. The molecule has 0 N–H and O–H groups in total. The predicted octanol–water partition coefficient (Wildman–Crippen LogP) is 4.09. The summed E-state index contributed by atoms with van der Waals surface area (Å²) in [5.74, 6) is -0.674. The topological polar surface area (TPSA) is 71.9 Å². The van der Waals surface area contributed by atoms with Gasteiger partial charge in [0.25, 0.3) is 0 Å². The number of fused-ring (bicyclic) bond motifs is 2. The molecule has 7 nitrogen and oxygen atoms in total. The van der Waals surface area contributed by atoms with E-state index in [4.69, 9.17) is 23.7 Å². The Balaban J connectivity index is 1.45. The fourth-order valence-electron chi connectivity index (χ4n) is 4.65. The molecule has 5 rings (SSSR count). The highest BCUT2D eigenvalue weighted by molar-refractivity contribution is 7.98. The molecular formula is C21H28N2O5S2. The number of rotatable bonds is 5. The molecule has 2 aromatic rings. The highest BCUT2D eigenvalue weighted by atomic mass is 32.2. The quantitative estimate of drug-likeness (QED) is 0.496. The van der Waals surface area contributed by atoms with Crippen molar-refractivity contribution in [3.8, 4) is 0 Å². The molecule has 3 aliphatic rings. The molecule has 0 aliphatic carbocycles. The summed E-state index contributed by atoms with van der Waals surface area (Å²) in [5, 5.41) is 4.14. The maximum Gasteiger partial charge on any atom is 0.164 e. The van der Waals surface area contributed by atoms with E-state index in [9.17, 15) is 0 Å². The summed E-state index contributed by atoms with van der Waals surface area (Å²) in [6.07, 6.45) is 5.93. The Kier molecular flexibility index (Phi) is 5.58. The van der Waals surface area contributed by atoms with Gasteiger partial charge in [0.1, 0.15) is 35.3 Å². The van der Waals surface area contributed by atoms with Gasteiger partial charge in [-0.2, -0.15) is 0 Å². The first-order valence-corrected chi connectivity index (χ1v) is 12.5. The van der Waals surface area contributed by atoms with E-state index in [2.05, 4.69) is 22.3 Å². The minimum Gasteiger partial charge on any atom is -0.358 e. The number of hydrogen-bond donors (Lipinski definition) is 0. The zero-order valence-corrected chi connectivity index (χ0v) is 19.4. The third-order valence-electron chi connectivity index (χ3n) is 6.02. The highest BCUT2D eigenvalue weighted by Crippen LogP contribution is 2.52. The highest BCUT2D eigenvalue weighted by Gasteiger charge is 2.62. The summed E-state index contributed by atoms with van der Waals surface area (Å²) >= 11 is 3.27. The molecule has 0 aromatic carbocycles. The smallest absolute Gasteiger partial charge is 0.164 e. The molecule has 0 bridgehead atoms. The van der Waals surface area contributed by atoms with Gasteiger partial charge in [0, 0.05) is 17.4 Å². The van der Waals surface area contributed by atoms with Crippen molar-refractivity contribution in [1.82, 2.24) is 9.97 Å². The molecule has 3 saturated heterocycles. The molecule has 5 atom stereocenters. The van der Waals surface area contributed by atoms with Gasteiger partial charge in [0.2, 0.25) is 0 Å². The van der Waals surface area contributed by atoms with Gasteiger partial charge >= 0.3 is 0 Å². The molecule has 0 saturated carbocycles. The SMILES string of the molecule is CSc1ncnc2c(C3(C)OC(COC4CCCCO4)C4OC(C)(C)OC43)scc12. The molecule has 5 heterocycles. The zero-order chi connectivity index (χ0) is 20.9. The molecule has 0 spiro atoms. The Morgan fingerprint density at radius 2 is 2.07 bits per heavy atom. The number of aromatic nitrogens is 2. The molecule has 164 valence electrons. The fourth-order valence-corrected chi connectivity index (χ4v) is 6.38. The average molecular weight is 453 g/mol. The molecule has 3 fully saturated rings. The first-order chi connectivity index (χ1) is 14.4. The minimum atomic E-state index is -0.684. The van der Waals surface area contributed by atoms with E-state index >= 15 is 0 Å². The summed E-state index contributed by atoms with van der Waals surface area (Å²) < 4.78 is 31.1. The molecule has 0 amide bonds. The van der Waals surface area contributed by atoms with Crippen molar-refractivity contribution in [1.29, 1.82) is 0 Å². The van der Waals surface area contributed by atoms with E-state index in [1.165, 1.54) is 0 Å². The average Bonchev–Trinajstić information content (AvgIpc) is 3.39. The second-order valence-electron chi connectivity index (χ2n) is 8.62. The van der Waals surface area contributed by atoms with Crippen LogP contribution in [-0.2, 0) is 29.3 Å². The van der Waals surface area contributed by atoms with Crippen LogP contribution < -0.4 is 0 Å². The van der Waals surface area contributed by atoms with Gasteiger partial charge in [-0.25, -0.2) is 9.97 Å². The van der Waals surface area contributed by atoms with Gasteiger partial charge in [0.15, 0.2) is 12.1 Å². The Labute approximate surface area is 184 Å². The van der Waals surface area contributed by atoms with Crippen LogP contribution in [0.25, 0.3) is 10.9 Å². The lowest BCUT2D eigenvalue weighted by atomic mass is 9.94. The Morgan fingerprint density at radius 3 is 2.83 bits per heavy atom. The van der Waals surface area contributed by atoms with Crippen molar-refractivity contribution >= 4 is 34.0 Å². The van der Waals surface area contributed by atoms with E-state index in [0.29, 0.717) is 6.61 Å². The Bertz CT molecular complexity index is 916. The molecule has 2 aromatic heterocycles. The summed E-state index contributed by atoms with van der Waals surface area (Å²) in [5.41, 5.74) is 0.238. The normalized spacial score (nSPS) is 35.7. The maximum absolute atomic E-state index is 6.64. The number of ether oxygens (including phenoxy) is 5. The van der Waals surface area contributed by atoms with Gasteiger partial charge < -0.3 is 23.7 Å². The lowest BCUT2D eigenvalue weighted by Gasteiger charge is -2.31. The second kappa shape index (κ2) is 7.95. The van der Waals surface area contributed by atoms with Crippen molar-refractivity contribution in [2.75, 3.05) is 19.5 Å². The van der Waals surface area contributed by atoms with Crippen molar-refractivity contribution in [2.24, 2.45) is 0 Å². The summed E-state index contributed by atoms with van der Waals surface area (Å²) in [7, 11) is 0. The molecular weight excluding hydrogens is 424 g/mol. The first-order valence-electron chi connectivity index (χ1n) is 10.4. The monoisotopic (exact) mass is 452 g/mol. The molecule has 30 heavy (non-hydrogen) atoms. The van der Waals surface area contributed by atoms with Crippen molar-refractivity contribution in [3.63, 3.8) is 0 Å². The van der Waals surface area contributed by atoms with Crippen LogP contribution in [0.2, 0.25) is 0 Å². The second-order valence-corrected chi connectivity index (χ2v) is 10.3. The van der Waals surface area contributed by atoms with E-state index in [0.717, 1.165) is 46.7 Å². The third kappa shape index (κ3) is 3.58. The standard InChI is InChI=1S/C21H28N2O5S2/c1-20(2)27-16-13(9-25-14-7-5-6-8-24-14)26-21(3,17(16)28-20)18-15-12(10-30-18)19(29-4)23-11-22-15/h10-11,13-14,16-17H,5-9H2,1-4H3. The first kappa shape index (κ1) is 21.1. The number of thioether (sulfide) groups is 1. The number of hydrogen-bond acceptors (Lipinski definition) is 9. The molecule has 0 radical (unpaired) electrons. The van der Waals surface area contributed by atoms with Gasteiger partial charge in [-0.1, -0.05) is 0 Å². The fraction of sp³-hybridized carbons (Fsp3) is 0.714. The number of nitrogens with zero attached hydrogens (tertiary/aromatic N) is 2. The zero-order valence-electron chi connectivity index (χ0n) is 17.8. The Morgan fingerprint density at radius 1 is 1.20 bits per heavy atom. The van der Waals surface area contributed by atoms with Crippen molar-refractivity contribution in [3.05, 3.63) is 16.6 Å². The predicted molar refractivity (Wildman–Crippen MR) is 115 cm³/mol. The number of thiophene rings is 1. The van der Waals surface area contributed by atoms with Crippen LogP contribution in [0, 0.1) is 0 Å². The van der Waals surface area contributed by atoms with Crippen molar-refractivity contribution in [2.45, 2.75) is 81.0 Å². The van der Waals surface area contributed by atoms with E-state index in [1.807, 2.05) is 20.1 Å². The minimum absolute atomic E-state index is 0.164. The van der Waals surface area contributed by atoms with Gasteiger partial charge in [-0.05, 0) is 46.3 Å². The van der Waals surface area contributed by atoms with Crippen LogP contribution in [0.5, 0.6) is 0 Å². The van der Waals surface area contributed by atoms with E-state index < -0.39 is 11.4 Å². The van der Waals surface area contributed by atoms with Crippen LogP contribution in [0.15, 0.2) is 16.7 Å². The van der Waals surface area contributed by atoms with Crippen LogP contribution in [0.1, 0.15) is 44.9 Å². The van der Waals surface area contributed by atoms with Gasteiger partial charge in [-0.15, -0.1) is 23.1 Å². The third-order valence-corrected chi connectivity index (χ3v) is 7.92. The summed E-state index contributed by atoms with van der Waals surface area (Å²) in [6.45, 7) is 7.15. The van der Waals surface area contributed by atoms with Crippen LogP contribution >= 0.6 is 23.1 Å². The van der Waals surface area contributed by atoms with E-state index in [-0.39, 0.29) is 24.6 Å². The molecule has 5 unspecified atom stereocenters. The summed E-state index contributed by atoms with van der Waals surface area (Å²) in [4.78, 5) is 10.0. The summed E-state index contributed by atoms with van der Waals surface area (Å²) in [6, 6.07) is 0. The largest absolute Gasteiger partial charge is 0.358 e. The molecule has 3 aliphatic heterocycles. The van der Waals surface area contributed by atoms with Gasteiger partial charge in [0.05, 0.1) is 17.0 Å². The van der Waals surface area contributed by atoms with Crippen LogP contribution in [-0.4, -0.2) is 59.8 Å². The maximum atomic E-state index is 6.64. The van der Waals surface area contributed by atoms with Crippen LogP contribution in [0.3, 0.4) is 0 Å². The van der Waals surface area contributed by atoms with E-state index in [1.54, 1.807) is 29.4 Å². The Hall–Kier alpha value is -0.810. The van der Waals surface area contributed by atoms with Gasteiger partial charge in [-0.3, -0.25) is 0 Å². The molecule has 9 heteroatoms. The van der Waals surface area contributed by atoms with Crippen LogP contribution in [0.4, 0.5) is 0 Å². The lowest BCUT2D eigenvalue weighted by molar-refractivity contribution is -0.227.